The Morgan fingerprint density at radius 3 is 1.51 bits per heavy atom. The Balaban J connectivity index is 0.485. The van der Waals surface area contributed by atoms with Crippen molar-refractivity contribution >= 4 is 120 Å². The molecule has 26 rings (SSSR count). The van der Waals surface area contributed by atoms with Gasteiger partial charge in [-0.1, -0.05) is 412 Å². The average molecular weight is 1810 g/mol. The van der Waals surface area contributed by atoms with Gasteiger partial charge < -0.3 is 9.80 Å². The molecule has 22 aromatic carbocycles. The van der Waals surface area contributed by atoms with Gasteiger partial charge in [0.25, 0.3) is 0 Å². The lowest BCUT2D eigenvalue weighted by Crippen LogP contribution is -2.18. The van der Waals surface area contributed by atoms with E-state index in [-0.39, 0.29) is 22.2 Å². The highest BCUT2D eigenvalue weighted by Gasteiger charge is 2.41. The fourth-order valence-corrected chi connectivity index (χ4v) is 25.1. The van der Waals surface area contributed by atoms with E-state index in [0.717, 1.165) is 46.0 Å². The molecule has 23 aromatic rings. The van der Waals surface area contributed by atoms with Crippen molar-refractivity contribution in [3.05, 3.63) is 540 Å². The lowest BCUT2D eigenvalue weighted by Gasteiger charge is -2.30. The zero-order chi connectivity index (χ0) is 93.6. The number of anilines is 6. The maximum absolute atomic E-state index is 2.58. The molecule has 1 atom stereocenters. The molecule has 3 aliphatic carbocycles. The van der Waals surface area contributed by atoms with E-state index in [1.807, 2.05) is 11.3 Å². The molecular weight excluding hydrogens is 1710 g/mol. The van der Waals surface area contributed by atoms with Gasteiger partial charge in [-0.05, 0) is 315 Å². The summed E-state index contributed by atoms with van der Waals surface area (Å²) in [7, 11) is 0. The lowest BCUT2D eigenvalue weighted by atomic mass is 9.77. The highest BCUT2D eigenvalue weighted by molar-refractivity contribution is 7.25. The number of hydrogen-bond acceptors (Lipinski definition) is 3. The standard InChI is InChI=1S/C137H100N2S/c1-135(2)126-50-26-25-46-114(126)115-70-66-105(85-129(115)135)139(131-51-28-39-93-37-20-22-43-109(93)131)106-67-71-117-124-80-97(64-72-127(124)136(3,4)130(117)86-106)91-55-52-87(53-56-91)74-121(111-48-27-38-92-36-19-21-42-108(92)111)99-62-68-116-119-49-29-47-110(134(119)137(5,6)128(116)82-99)100-63-69-118-125-76-88(54-73-132(125)140-133(118)83-100)75-120(94-34-15-9-16-35-94)95-57-59-96(60-58-95)122-81-98-61-65-104(84-123(98)113-45-24-23-44-112(113)122)138(103-40-17-10-18-41-103)107-78-101(89-30-11-7-12-31-89)77-102(79-107)90-32-13-8-14-33-90/h7-73,75-86,121H,74H2,1-6H3/b120-75+. The van der Waals surface area contributed by atoms with Crippen molar-refractivity contribution in [3.8, 4) is 89.0 Å². The SMILES string of the molecule is CC1(C)c2ccccc2-c2ccc(N(c3ccc4c(c3)C(C)(C)c3ccc(-c5ccc(CC(c6ccc7c(c6)C(C)(C)c6c(-c8ccc9c(c8)sc8ccc(/C=C(\c%10ccccc%10)c%10ccc(-c%11cc%12ccc(N(c%13ccccc%13)c%13cc(-c%14ccccc%14)cc(-c%14ccccc%14)c%13)cc%12c%12ccccc%11%12)cc%10)cc89)cccc6-7)c6cccc7ccccc67)cc5)cc3-4)c3cccc4ccccc34)cc21. The van der Waals surface area contributed by atoms with Gasteiger partial charge in [-0.15, -0.1) is 11.3 Å². The molecular formula is C137H100N2S. The summed E-state index contributed by atoms with van der Waals surface area (Å²) in [4.78, 5) is 4.93. The van der Waals surface area contributed by atoms with Crippen molar-refractivity contribution in [2.24, 2.45) is 0 Å². The van der Waals surface area contributed by atoms with E-state index in [1.165, 1.54) is 219 Å². The summed E-state index contributed by atoms with van der Waals surface area (Å²) in [5.74, 6) is 0.0813. The molecule has 0 bridgehead atoms. The van der Waals surface area contributed by atoms with Gasteiger partial charge >= 0.3 is 0 Å². The summed E-state index contributed by atoms with van der Waals surface area (Å²) < 4.78 is 2.57. The molecule has 0 radical (unpaired) electrons. The molecule has 0 amide bonds. The van der Waals surface area contributed by atoms with Crippen LogP contribution in [0, 0.1) is 0 Å². The quantitative estimate of drug-likeness (QED) is 0.0624. The first-order valence-corrected chi connectivity index (χ1v) is 50.0. The molecule has 2 nitrogen and oxygen atoms in total. The van der Waals surface area contributed by atoms with Gasteiger partial charge in [-0.3, -0.25) is 0 Å². The zero-order valence-corrected chi connectivity index (χ0v) is 80.0. The Kier molecular flexibility index (Phi) is 20.0. The summed E-state index contributed by atoms with van der Waals surface area (Å²) in [6.45, 7) is 14.5. The Morgan fingerprint density at radius 1 is 0.250 bits per heavy atom. The topological polar surface area (TPSA) is 6.48 Å². The maximum Gasteiger partial charge on any atom is 0.0540 e. The van der Waals surface area contributed by atoms with Crippen molar-refractivity contribution in [2.45, 2.75) is 70.1 Å². The molecule has 0 N–H and O–H groups in total. The van der Waals surface area contributed by atoms with Crippen LogP contribution in [0.15, 0.2) is 473 Å². The van der Waals surface area contributed by atoms with Crippen LogP contribution in [0.1, 0.15) is 114 Å². The first kappa shape index (κ1) is 84.0. The molecule has 664 valence electrons. The zero-order valence-electron chi connectivity index (χ0n) is 79.2. The number of hydrogen-bond donors (Lipinski definition) is 0. The Morgan fingerprint density at radius 2 is 0.779 bits per heavy atom. The second-order valence-electron chi connectivity index (χ2n) is 40.1. The van der Waals surface area contributed by atoms with E-state index in [1.54, 1.807) is 0 Å². The Labute approximate surface area is 823 Å². The van der Waals surface area contributed by atoms with Crippen LogP contribution in [-0.2, 0) is 22.7 Å². The second-order valence-corrected chi connectivity index (χ2v) is 41.2. The summed E-state index contributed by atoms with van der Waals surface area (Å²) in [6, 6.07) is 178. The predicted molar refractivity (Wildman–Crippen MR) is 597 cm³/mol. The molecule has 140 heavy (non-hydrogen) atoms. The van der Waals surface area contributed by atoms with Crippen LogP contribution in [0.4, 0.5) is 34.1 Å². The molecule has 0 spiro atoms. The molecule has 1 unspecified atom stereocenters. The third kappa shape index (κ3) is 14.2. The van der Waals surface area contributed by atoms with E-state index < -0.39 is 0 Å². The largest absolute Gasteiger partial charge is 0.310 e. The first-order valence-electron chi connectivity index (χ1n) is 49.2. The normalized spacial score (nSPS) is 13.7. The van der Waals surface area contributed by atoms with E-state index in [9.17, 15) is 0 Å². The van der Waals surface area contributed by atoms with Gasteiger partial charge in [0.2, 0.25) is 0 Å². The van der Waals surface area contributed by atoms with Gasteiger partial charge in [-0.25, -0.2) is 0 Å². The smallest absolute Gasteiger partial charge is 0.0540 e. The van der Waals surface area contributed by atoms with E-state index in [4.69, 9.17) is 0 Å². The minimum atomic E-state index is -0.300. The van der Waals surface area contributed by atoms with Gasteiger partial charge in [0.05, 0.1) is 5.69 Å². The number of para-hydroxylation sites is 1. The average Bonchev–Trinajstić information content (AvgIpc) is 1.51. The third-order valence-corrected chi connectivity index (χ3v) is 32.1. The van der Waals surface area contributed by atoms with Crippen LogP contribution >= 0.6 is 11.3 Å². The fourth-order valence-electron chi connectivity index (χ4n) is 23.9. The number of benzene rings is 22. The number of nitrogens with zero attached hydrogens (tertiary/aromatic N) is 2. The third-order valence-electron chi connectivity index (χ3n) is 31.0. The van der Waals surface area contributed by atoms with E-state index >= 15 is 0 Å². The Bertz CT molecular complexity index is 8900. The molecule has 0 fully saturated rings. The van der Waals surface area contributed by atoms with Gasteiger partial charge in [-0.2, -0.15) is 0 Å². The molecule has 0 saturated heterocycles. The Hall–Kier alpha value is -16.6. The summed E-state index contributed by atoms with van der Waals surface area (Å²) >= 11 is 1.89. The molecule has 1 aromatic heterocycles. The summed E-state index contributed by atoms with van der Waals surface area (Å²) in [5, 5.41) is 12.4. The van der Waals surface area contributed by atoms with Crippen molar-refractivity contribution in [3.63, 3.8) is 0 Å². The van der Waals surface area contributed by atoms with Crippen molar-refractivity contribution in [1.82, 2.24) is 0 Å². The number of thiophene rings is 1. The summed E-state index contributed by atoms with van der Waals surface area (Å²) in [6.07, 6.45) is 3.24. The lowest BCUT2D eigenvalue weighted by molar-refractivity contribution is 0.659. The summed E-state index contributed by atoms with van der Waals surface area (Å²) in [5.41, 5.74) is 42.9. The van der Waals surface area contributed by atoms with Crippen molar-refractivity contribution in [1.29, 1.82) is 0 Å². The second kappa shape index (κ2) is 33.4. The van der Waals surface area contributed by atoms with Crippen molar-refractivity contribution in [2.75, 3.05) is 9.80 Å². The minimum absolute atomic E-state index is 0.0813. The molecule has 3 aliphatic rings. The fraction of sp³-hybridized carbons (Fsp3) is 0.0803. The van der Waals surface area contributed by atoms with Crippen LogP contribution in [0.3, 0.4) is 0 Å². The molecule has 1 heterocycles. The van der Waals surface area contributed by atoms with E-state index in [0.29, 0.717) is 0 Å². The van der Waals surface area contributed by atoms with Crippen LogP contribution in [0.5, 0.6) is 0 Å². The minimum Gasteiger partial charge on any atom is -0.310 e. The van der Waals surface area contributed by atoms with Crippen LogP contribution in [0.2, 0.25) is 0 Å². The predicted octanol–water partition coefficient (Wildman–Crippen LogP) is 37.8. The highest BCUT2D eigenvalue weighted by Crippen LogP contribution is 2.58. The van der Waals surface area contributed by atoms with Crippen LogP contribution < -0.4 is 9.80 Å². The van der Waals surface area contributed by atoms with E-state index in [2.05, 4.69) is 531 Å². The van der Waals surface area contributed by atoms with Gasteiger partial charge in [0.1, 0.15) is 0 Å². The van der Waals surface area contributed by atoms with Crippen LogP contribution in [-0.4, -0.2) is 0 Å². The molecule has 0 aliphatic heterocycles. The van der Waals surface area contributed by atoms with Gasteiger partial charge in [0, 0.05) is 76.2 Å². The van der Waals surface area contributed by atoms with Gasteiger partial charge in [0.15, 0.2) is 0 Å². The molecule has 3 heteroatoms. The van der Waals surface area contributed by atoms with Crippen LogP contribution in [0.25, 0.3) is 164 Å². The highest BCUT2D eigenvalue weighted by atomic mass is 32.1. The molecule has 0 saturated carbocycles. The van der Waals surface area contributed by atoms with Crippen molar-refractivity contribution < 1.29 is 0 Å². The number of fused-ring (bicyclic) bond motifs is 17. The monoisotopic (exact) mass is 1800 g/mol. The number of rotatable bonds is 18. The maximum atomic E-state index is 2.58. The first-order chi connectivity index (χ1) is 68.6.